The Hall–Kier alpha value is -0.830. The first kappa shape index (κ1) is 12.6. The lowest BCUT2D eigenvalue weighted by atomic mass is 9.91. The minimum atomic E-state index is -0.928. The van der Waals surface area contributed by atoms with Crippen molar-refractivity contribution in [2.24, 2.45) is 5.92 Å². The molecule has 1 aliphatic carbocycles. The van der Waals surface area contributed by atoms with Crippen LogP contribution in [-0.4, -0.2) is 9.96 Å². The third-order valence-electron chi connectivity index (χ3n) is 3.53. The van der Waals surface area contributed by atoms with Crippen LogP contribution in [0, 0.1) is 12.8 Å². The van der Waals surface area contributed by atoms with E-state index >= 15 is 0 Å². The molecule has 1 aromatic carbocycles. The van der Waals surface area contributed by atoms with Gasteiger partial charge in [0.2, 0.25) is 0 Å². The molecule has 0 amide bonds. The molecule has 2 N–H and O–H groups in total. The van der Waals surface area contributed by atoms with E-state index in [-0.39, 0.29) is 0 Å². The zero-order valence-electron chi connectivity index (χ0n) is 10.4. The van der Waals surface area contributed by atoms with Gasteiger partial charge in [0, 0.05) is 11.4 Å². The molecule has 0 bridgehead atoms. The Balaban J connectivity index is 2.05. The standard InChI is InChI=1S/C14H21NOS/c1-11-7-8-13(15)14(9-11)17(16)10-12-5-3-2-4-6-12/h7-9,12H,2-6,10,15H2,1H3. The molecular formula is C14H21NOS. The second-order valence-electron chi connectivity index (χ2n) is 5.06. The molecule has 2 rings (SSSR count). The Morgan fingerprint density at radius 2 is 2.00 bits per heavy atom. The molecule has 1 atom stereocenters. The van der Waals surface area contributed by atoms with E-state index in [9.17, 15) is 4.21 Å². The van der Waals surface area contributed by atoms with Crippen LogP contribution in [0.5, 0.6) is 0 Å². The van der Waals surface area contributed by atoms with Crippen molar-refractivity contribution in [3.8, 4) is 0 Å². The van der Waals surface area contributed by atoms with Crippen LogP contribution in [0.3, 0.4) is 0 Å². The van der Waals surface area contributed by atoms with Gasteiger partial charge in [-0.3, -0.25) is 4.21 Å². The molecule has 94 valence electrons. The lowest BCUT2D eigenvalue weighted by molar-refractivity contribution is 0.388. The minimum absolute atomic E-state index is 0.629. The van der Waals surface area contributed by atoms with Gasteiger partial charge >= 0.3 is 0 Å². The Bertz CT molecular complexity index is 411. The van der Waals surface area contributed by atoms with Gasteiger partial charge in [-0.15, -0.1) is 0 Å². The Labute approximate surface area is 106 Å². The largest absolute Gasteiger partial charge is 0.398 e. The Kier molecular flexibility index (Phi) is 4.21. The minimum Gasteiger partial charge on any atom is -0.398 e. The van der Waals surface area contributed by atoms with E-state index < -0.39 is 10.8 Å². The van der Waals surface area contributed by atoms with Crippen LogP contribution in [0.25, 0.3) is 0 Å². The van der Waals surface area contributed by atoms with Crippen LogP contribution < -0.4 is 5.73 Å². The fraction of sp³-hybridized carbons (Fsp3) is 0.571. The third kappa shape index (κ3) is 3.32. The zero-order valence-corrected chi connectivity index (χ0v) is 11.3. The van der Waals surface area contributed by atoms with Gasteiger partial charge in [0.15, 0.2) is 0 Å². The third-order valence-corrected chi connectivity index (χ3v) is 5.14. The van der Waals surface area contributed by atoms with E-state index in [0.29, 0.717) is 11.6 Å². The molecule has 0 spiro atoms. The van der Waals surface area contributed by atoms with Crippen LogP contribution in [0.1, 0.15) is 37.7 Å². The van der Waals surface area contributed by atoms with Crippen LogP contribution in [0.4, 0.5) is 5.69 Å². The molecule has 1 aromatic rings. The first-order valence-corrected chi connectivity index (χ1v) is 7.73. The molecule has 0 aromatic heterocycles. The summed E-state index contributed by atoms with van der Waals surface area (Å²) < 4.78 is 12.3. The first-order chi connectivity index (χ1) is 8.16. The zero-order chi connectivity index (χ0) is 12.3. The maximum atomic E-state index is 12.3. The summed E-state index contributed by atoms with van der Waals surface area (Å²) in [5, 5.41) is 0. The highest BCUT2D eigenvalue weighted by molar-refractivity contribution is 7.85. The molecule has 0 heterocycles. The maximum Gasteiger partial charge on any atom is 0.0620 e. The summed E-state index contributed by atoms with van der Waals surface area (Å²) in [6.07, 6.45) is 6.40. The summed E-state index contributed by atoms with van der Waals surface area (Å²) in [5.41, 5.74) is 7.70. The van der Waals surface area contributed by atoms with Gasteiger partial charge in [-0.2, -0.15) is 0 Å². The summed E-state index contributed by atoms with van der Waals surface area (Å²) in [6, 6.07) is 5.80. The predicted molar refractivity (Wildman–Crippen MR) is 73.4 cm³/mol. The summed E-state index contributed by atoms with van der Waals surface area (Å²) in [6.45, 7) is 2.01. The summed E-state index contributed by atoms with van der Waals surface area (Å²) in [5.74, 6) is 1.41. The molecule has 1 saturated carbocycles. The molecule has 1 aliphatic rings. The lowest BCUT2D eigenvalue weighted by Gasteiger charge is -2.21. The maximum absolute atomic E-state index is 12.3. The van der Waals surface area contributed by atoms with Crippen molar-refractivity contribution in [3.63, 3.8) is 0 Å². The summed E-state index contributed by atoms with van der Waals surface area (Å²) in [4.78, 5) is 0.829. The second kappa shape index (κ2) is 5.67. The van der Waals surface area contributed by atoms with Crippen molar-refractivity contribution in [2.45, 2.75) is 43.9 Å². The Morgan fingerprint density at radius 1 is 1.29 bits per heavy atom. The number of nitrogens with two attached hydrogens (primary N) is 1. The van der Waals surface area contributed by atoms with E-state index in [1.54, 1.807) is 0 Å². The van der Waals surface area contributed by atoms with E-state index in [4.69, 9.17) is 5.73 Å². The van der Waals surface area contributed by atoms with Crippen molar-refractivity contribution in [1.29, 1.82) is 0 Å². The SMILES string of the molecule is Cc1ccc(N)c(S(=O)CC2CCCCC2)c1. The fourth-order valence-electron chi connectivity index (χ4n) is 2.50. The number of hydrogen-bond donors (Lipinski definition) is 1. The monoisotopic (exact) mass is 251 g/mol. The van der Waals surface area contributed by atoms with Gasteiger partial charge in [0.25, 0.3) is 0 Å². The number of anilines is 1. The highest BCUT2D eigenvalue weighted by Crippen LogP contribution is 2.27. The predicted octanol–water partition coefficient (Wildman–Crippen LogP) is 3.27. The number of nitrogen functional groups attached to an aromatic ring is 1. The van der Waals surface area contributed by atoms with E-state index in [1.807, 2.05) is 25.1 Å². The number of aryl methyl sites for hydroxylation is 1. The van der Waals surface area contributed by atoms with Crippen LogP contribution in [0.2, 0.25) is 0 Å². The number of rotatable bonds is 3. The lowest BCUT2D eigenvalue weighted by Crippen LogP contribution is -2.15. The molecule has 1 unspecified atom stereocenters. The second-order valence-corrected chi connectivity index (χ2v) is 6.52. The van der Waals surface area contributed by atoms with E-state index in [0.717, 1.165) is 16.2 Å². The quantitative estimate of drug-likeness (QED) is 0.838. The van der Waals surface area contributed by atoms with Crippen LogP contribution in [-0.2, 0) is 10.8 Å². The molecule has 3 heteroatoms. The van der Waals surface area contributed by atoms with Gasteiger partial charge in [0.1, 0.15) is 0 Å². The summed E-state index contributed by atoms with van der Waals surface area (Å²) >= 11 is 0. The molecule has 0 radical (unpaired) electrons. The van der Waals surface area contributed by atoms with Gasteiger partial charge in [-0.05, 0) is 43.4 Å². The van der Waals surface area contributed by atoms with E-state index in [1.165, 1.54) is 32.1 Å². The summed E-state index contributed by atoms with van der Waals surface area (Å²) in [7, 11) is -0.928. The first-order valence-electron chi connectivity index (χ1n) is 6.41. The topological polar surface area (TPSA) is 43.1 Å². The molecular weight excluding hydrogens is 230 g/mol. The highest BCUT2D eigenvalue weighted by atomic mass is 32.2. The van der Waals surface area contributed by atoms with Crippen molar-refractivity contribution in [3.05, 3.63) is 23.8 Å². The van der Waals surface area contributed by atoms with Crippen LogP contribution in [0.15, 0.2) is 23.1 Å². The average Bonchev–Trinajstić information content (AvgIpc) is 2.33. The molecule has 17 heavy (non-hydrogen) atoms. The molecule has 2 nitrogen and oxygen atoms in total. The van der Waals surface area contributed by atoms with Crippen molar-refractivity contribution in [1.82, 2.24) is 0 Å². The molecule has 0 aliphatic heterocycles. The Morgan fingerprint density at radius 3 is 2.71 bits per heavy atom. The van der Waals surface area contributed by atoms with Crippen molar-refractivity contribution < 1.29 is 4.21 Å². The molecule has 0 saturated heterocycles. The number of hydrogen-bond acceptors (Lipinski definition) is 2. The fourth-order valence-corrected chi connectivity index (χ4v) is 4.09. The highest BCUT2D eigenvalue weighted by Gasteiger charge is 2.18. The van der Waals surface area contributed by atoms with Gasteiger partial charge in [0.05, 0.1) is 15.7 Å². The number of benzene rings is 1. The van der Waals surface area contributed by atoms with Crippen molar-refractivity contribution >= 4 is 16.5 Å². The normalized spacial score (nSPS) is 19.1. The van der Waals surface area contributed by atoms with Gasteiger partial charge in [-0.25, -0.2) is 0 Å². The van der Waals surface area contributed by atoms with Crippen molar-refractivity contribution in [2.75, 3.05) is 11.5 Å². The van der Waals surface area contributed by atoms with Crippen LogP contribution >= 0.6 is 0 Å². The average molecular weight is 251 g/mol. The van der Waals surface area contributed by atoms with Gasteiger partial charge < -0.3 is 5.73 Å². The smallest absolute Gasteiger partial charge is 0.0620 e. The van der Waals surface area contributed by atoms with E-state index in [2.05, 4.69) is 0 Å². The van der Waals surface area contributed by atoms with Gasteiger partial charge in [-0.1, -0.05) is 25.3 Å². The molecule has 1 fully saturated rings.